The van der Waals surface area contributed by atoms with E-state index in [9.17, 15) is 14.7 Å². The highest BCUT2D eigenvalue weighted by Crippen LogP contribution is 2.37. The highest BCUT2D eigenvalue weighted by molar-refractivity contribution is 9.09. The molecule has 1 N–H and O–H groups in total. The van der Waals surface area contributed by atoms with E-state index in [4.69, 9.17) is 18.9 Å². The molecule has 0 bridgehead atoms. The van der Waals surface area contributed by atoms with E-state index < -0.39 is 36.2 Å². The lowest BCUT2D eigenvalue weighted by Gasteiger charge is -2.29. The third-order valence-electron chi connectivity index (χ3n) is 5.28. The van der Waals surface area contributed by atoms with E-state index in [1.807, 2.05) is 30.3 Å². The van der Waals surface area contributed by atoms with Crippen molar-refractivity contribution in [2.75, 3.05) is 5.33 Å². The number of halogens is 1. The van der Waals surface area contributed by atoms with Crippen LogP contribution in [0.1, 0.15) is 26.3 Å². The van der Waals surface area contributed by atoms with Crippen molar-refractivity contribution in [1.29, 1.82) is 0 Å². The van der Waals surface area contributed by atoms with Gasteiger partial charge in [0.15, 0.2) is 6.10 Å². The monoisotopic (exact) mass is 526 g/mol. The van der Waals surface area contributed by atoms with E-state index in [2.05, 4.69) is 15.9 Å². The summed E-state index contributed by atoms with van der Waals surface area (Å²) in [6.45, 7) is -0.0227. The molecule has 3 aromatic carbocycles. The maximum atomic E-state index is 12.9. The Labute approximate surface area is 205 Å². The number of aliphatic hydroxyl groups is 1. The highest BCUT2D eigenvalue weighted by atomic mass is 79.9. The standard InChI is InChI=1S/C26H23BrO7/c27-16-21-22(32-24(28)19-12-6-2-7-13-19)23(33-25(29)20-14-8-3-9-15-20)26(30,34-21)31-17-18-10-4-1-5-11-18/h1-15,21-23,30H,16-17H2/t21-,22-,23?,26-/m0/s1. The van der Waals surface area contributed by atoms with Crippen LogP contribution >= 0.6 is 15.9 Å². The van der Waals surface area contributed by atoms with Gasteiger partial charge in [-0.25, -0.2) is 9.59 Å². The Bertz CT molecular complexity index is 1090. The van der Waals surface area contributed by atoms with Crippen LogP contribution in [-0.4, -0.2) is 46.7 Å². The zero-order chi connectivity index (χ0) is 24.0. The van der Waals surface area contributed by atoms with Crippen LogP contribution in [-0.2, 0) is 25.6 Å². The largest absolute Gasteiger partial charge is 0.452 e. The molecule has 0 radical (unpaired) electrons. The van der Waals surface area contributed by atoms with Crippen molar-refractivity contribution in [3.63, 3.8) is 0 Å². The predicted molar refractivity (Wildman–Crippen MR) is 126 cm³/mol. The van der Waals surface area contributed by atoms with Gasteiger partial charge in [0.05, 0.1) is 17.7 Å². The van der Waals surface area contributed by atoms with E-state index >= 15 is 0 Å². The number of benzene rings is 3. The highest BCUT2D eigenvalue weighted by Gasteiger charge is 2.60. The summed E-state index contributed by atoms with van der Waals surface area (Å²) in [6, 6.07) is 25.8. The van der Waals surface area contributed by atoms with Gasteiger partial charge in [0.2, 0.25) is 6.10 Å². The second-order valence-electron chi connectivity index (χ2n) is 7.64. The van der Waals surface area contributed by atoms with Gasteiger partial charge in [-0.2, -0.15) is 0 Å². The van der Waals surface area contributed by atoms with Crippen LogP contribution < -0.4 is 0 Å². The maximum Gasteiger partial charge on any atom is 0.338 e. The number of carbonyl (C=O) groups is 2. The van der Waals surface area contributed by atoms with Gasteiger partial charge in [-0.15, -0.1) is 0 Å². The second kappa shape index (κ2) is 10.9. The van der Waals surface area contributed by atoms with Crippen LogP contribution in [0.15, 0.2) is 91.0 Å². The Morgan fingerprint density at radius 3 is 1.85 bits per heavy atom. The van der Waals surface area contributed by atoms with Crippen molar-refractivity contribution in [1.82, 2.24) is 0 Å². The summed E-state index contributed by atoms with van der Waals surface area (Å²) >= 11 is 3.33. The van der Waals surface area contributed by atoms with Crippen LogP contribution in [0.3, 0.4) is 0 Å². The number of alkyl halides is 1. The molecule has 0 saturated carbocycles. The molecule has 8 heteroatoms. The van der Waals surface area contributed by atoms with E-state index in [0.717, 1.165) is 5.56 Å². The SMILES string of the molecule is O=C(OC1[C@@H](OC(=O)c2ccccc2)[C@H](CBr)O[C@@]1(O)OCc1ccccc1)c1ccccc1. The first-order valence-corrected chi connectivity index (χ1v) is 11.8. The fourth-order valence-electron chi connectivity index (χ4n) is 3.55. The number of rotatable bonds is 8. The number of hydrogen-bond donors (Lipinski definition) is 1. The van der Waals surface area contributed by atoms with Gasteiger partial charge < -0.3 is 24.1 Å². The molecule has 1 saturated heterocycles. The van der Waals surface area contributed by atoms with Crippen molar-refractivity contribution >= 4 is 27.9 Å². The molecule has 1 unspecified atom stereocenters. The van der Waals surface area contributed by atoms with Gasteiger partial charge in [-0.1, -0.05) is 82.7 Å². The van der Waals surface area contributed by atoms with Crippen molar-refractivity contribution in [2.45, 2.75) is 30.9 Å². The second-order valence-corrected chi connectivity index (χ2v) is 8.29. The summed E-state index contributed by atoms with van der Waals surface area (Å²) in [5.74, 6) is -3.71. The fraction of sp³-hybridized carbons (Fsp3) is 0.231. The molecule has 176 valence electrons. The molecule has 1 fully saturated rings. The lowest BCUT2D eigenvalue weighted by atomic mass is 10.1. The molecule has 1 heterocycles. The minimum absolute atomic E-state index is 0.0227. The average molecular weight is 527 g/mol. The fourth-order valence-corrected chi connectivity index (χ4v) is 4.05. The zero-order valence-corrected chi connectivity index (χ0v) is 19.7. The van der Waals surface area contributed by atoms with Gasteiger partial charge in [-0.05, 0) is 29.8 Å². The van der Waals surface area contributed by atoms with Crippen LogP contribution in [0.25, 0.3) is 0 Å². The zero-order valence-electron chi connectivity index (χ0n) is 18.1. The van der Waals surface area contributed by atoms with E-state index in [-0.39, 0.29) is 17.5 Å². The summed E-state index contributed by atoms with van der Waals surface area (Å²) in [6.07, 6.45) is -3.43. The van der Waals surface area contributed by atoms with Gasteiger partial charge in [0, 0.05) is 5.33 Å². The van der Waals surface area contributed by atoms with Gasteiger partial charge in [-0.3, -0.25) is 0 Å². The van der Waals surface area contributed by atoms with Crippen LogP contribution in [0.2, 0.25) is 0 Å². The topological polar surface area (TPSA) is 91.3 Å². The average Bonchev–Trinajstić information content (AvgIpc) is 3.15. The third kappa shape index (κ3) is 5.53. The van der Waals surface area contributed by atoms with Crippen molar-refractivity contribution in [2.24, 2.45) is 0 Å². The van der Waals surface area contributed by atoms with Crippen LogP contribution in [0, 0.1) is 0 Å². The van der Waals surface area contributed by atoms with E-state index in [1.54, 1.807) is 60.7 Å². The Hall–Kier alpha value is -3.04. The quantitative estimate of drug-likeness (QED) is 0.268. The maximum absolute atomic E-state index is 12.9. The molecular formula is C26H23BrO7. The molecule has 0 aromatic heterocycles. The molecule has 3 aromatic rings. The first-order valence-electron chi connectivity index (χ1n) is 10.7. The number of carbonyl (C=O) groups excluding carboxylic acids is 2. The summed E-state index contributed by atoms with van der Waals surface area (Å²) < 4.78 is 22.8. The van der Waals surface area contributed by atoms with Gasteiger partial charge in [0.25, 0.3) is 0 Å². The van der Waals surface area contributed by atoms with Crippen molar-refractivity contribution < 1.29 is 33.6 Å². The Morgan fingerprint density at radius 2 is 1.32 bits per heavy atom. The minimum Gasteiger partial charge on any atom is -0.452 e. The molecule has 1 aliphatic rings. The summed E-state index contributed by atoms with van der Waals surface area (Å²) in [4.78, 5) is 25.7. The number of esters is 2. The molecule has 0 amide bonds. The predicted octanol–water partition coefficient (Wildman–Crippen LogP) is 4.09. The van der Waals surface area contributed by atoms with Crippen LogP contribution in [0.5, 0.6) is 0 Å². The van der Waals surface area contributed by atoms with E-state index in [0.29, 0.717) is 5.56 Å². The lowest BCUT2D eigenvalue weighted by Crippen LogP contribution is -2.49. The molecule has 4 rings (SSSR count). The van der Waals surface area contributed by atoms with Crippen molar-refractivity contribution in [3.8, 4) is 0 Å². The normalized spacial score (nSPS) is 23.9. The molecule has 1 aliphatic heterocycles. The van der Waals surface area contributed by atoms with Gasteiger partial charge >= 0.3 is 17.9 Å². The molecule has 0 spiro atoms. The molecule has 7 nitrogen and oxygen atoms in total. The van der Waals surface area contributed by atoms with Crippen LogP contribution in [0.4, 0.5) is 0 Å². The molecular weight excluding hydrogens is 504 g/mol. The van der Waals surface area contributed by atoms with Crippen molar-refractivity contribution in [3.05, 3.63) is 108 Å². The Balaban J connectivity index is 1.61. The first kappa shape index (κ1) is 24.1. The first-order chi connectivity index (χ1) is 16.5. The summed E-state index contributed by atoms with van der Waals surface area (Å²) in [5.41, 5.74) is 1.35. The Morgan fingerprint density at radius 1 is 0.824 bits per heavy atom. The number of ether oxygens (including phenoxy) is 4. The van der Waals surface area contributed by atoms with E-state index in [1.165, 1.54) is 0 Å². The Kier molecular flexibility index (Phi) is 7.74. The summed E-state index contributed by atoms with van der Waals surface area (Å²) in [5, 5.41) is 11.5. The molecule has 4 atom stereocenters. The molecule has 34 heavy (non-hydrogen) atoms. The lowest BCUT2D eigenvalue weighted by molar-refractivity contribution is -0.378. The minimum atomic E-state index is -2.35. The van der Waals surface area contributed by atoms with Gasteiger partial charge in [0.1, 0.15) is 6.10 Å². The summed E-state index contributed by atoms with van der Waals surface area (Å²) in [7, 11) is 0. The molecule has 0 aliphatic carbocycles. The third-order valence-corrected chi connectivity index (χ3v) is 5.92. The number of hydrogen-bond acceptors (Lipinski definition) is 7. The smallest absolute Gasteiger partial charge is 0.338 e.